The molecule has 0 unspecified atom stereocenters. The molecule has 19 heavy (non-hydrogen) atoms. The predicted octanol–water partition coefficient (Wildman–Crippen LogP) is -1.09. The molecule has 0 aromatic carbocycles. The minimum Gasteiger partial charge on any atom is -0.478 e. The molecule has 9 nitrogen and oxygen atoms in total. The van der Waals surface area contributed by atoms with Gasteiger partial charge in [-0.15, -0.1) is 0 Å². The summed E-state index contributed by atoms with van der Waals surface area (Å²) in [4.78, 5) is 21.9. The largest absolute Gasteiger partial charge is 0.478 e. The summed E-state index contributed by atoms with van der Waals surface area (Å²) in [6, 6.07) is 0. The number of aromatic carboxylic acids is 1. The molecule has 1 rings (SSSR count). The SMILES string of the molecule is CCN(CC(N)=O)S(=O)(=O)c1n[nH]c(C)c1C(=O)O. The van der Waals surface area contributed by atoms with Gasteiger partial charge in [-0.1, -0.05) is 6.92 Å². The van der Waals surface area contributed by atoms with Crippen molar-refractivity contribution in [2.24, 2.45) is 5.73 Å². The Kier molecular flexibility index (Phi) is 4.27. The second-order valence-electron chi connectivity index (χ2n) is 3.73. The summed E-state index contributed by atoms with van der Waals surface area (Å²) < 4.78 is 25.2. The van der Waals surface area contributed by atoms with Gasteiger partial charge in [0.1, 0.15) is 5.56 Å². The van der Waals surface area contributed by atoms with Crippen molar-refractivity contribution in [2.45, 2.75) is 18.9 Å². The van der Waals surface area contributed by atoms with Crippen molar-refractivity contribution < 1.29 is 23.1 Å². The number of H-pyrrole nitrogens is 1. The molecule has 0 bridgehead atoms. The van der Waals surface area contributed by atoms with Gasteiger partial charge in [-0.3, -0.25) is 9.89 Å². The monoisotopic (exact) mass is 290 g/mol. The van der Waals surface area contributed by atoms with Gasteiger partial charge in [0.2, 0.25) is 10.9 Å². The number of aromatic nitrogens is 2. The van der Waals surface area contributed by atoms with Gasteiger partial charge in [-0.2, -0.15) is 9.40 Å². The number of aromatic amines is 1. The second kappa shape index (κ2) is 5.36. The van der Waals surface area contributed by atoms with Gasteiger partial charge in [-0.25, -0.2) is 13.2 Å². The van der Waals surface area contributed by atoms with Crippen LogP contribution in [-0.4, -0.2) is 53.0 Å². The third-order valence-corrected chi connectivity index (χ3v) is 4.25. The van der Waals surface area contributed by atoms with Crippen molar-refractivity contribution in [1.29, 1.82) is 0 Å². The number of sulfonamides is 1. The Labute approximate surface area is 109 Å². The van der Waals surface area contributed by atoms with Crippen LogP contribution in [0, 0.1) is 6.92 Å². The number of likely N-dealkylation sites (N-methyl/N-ethyl adjacent to an activating group) is 1. The summed E-state index contributed by atoms with van der Waals surface area (Å²) in [5, 5.41) is 14.2. The number of nitrogens with two attached hydrogens (primary N) is 1. The Balaban J connectivity index is 3.34. The Morgan fingerprint density at radius 1 is 1.47 bits per heavy atom. The van der Waals surface area contributed by atoms with Crippen molar-refractivity contribution in [3.05, 3.63) is 11.3 Å². The van der Waals surface area contributed by atoms with Crippen LogP contribution in [0.5, 0.6) is 0 Å². The molecule has 0 fully saturated rings. The van der Waals surface area contributed by atoms with Gasteiger partial charge in [-0.05, 0) is 6.92 Å². The lowest BCUT2D eigenvalue weighted by Gasteiger charge is -2.17. The summed E-state index contributed by atoms with van der Waals surface area (Å²) in [5.74, 6) is -2.26. The highest BCUT2D eigenvalue weighted by Gasteiger charge is 2.33. The normalized spacial score (nSPS) is 11.7. The Morgan fingerprint density at radius 3 is 2.47 bits per heavy atom. The lowest BCUT2D eigenvalue weighted by molar-refractivity contribution is -0.118. The Bertz CT molecular complexity index is 606. The summed E-state index contributed by atoms with van der Waals surface area (Å²) in [5.41, 5.74) is 4.63. The number of amides is 1. The molecule has 0 radical (unpaired) electrons. The molecule has 0 aliphatic rings. The van der Waals surface area contributed by atoms with Gasteiger partial charge < -0.3 is 10.8 Å². The van der Waals surface area contributed by atoms with Gasteiger partial charge in [0.05, 0.1) is 6.54 Å². The number of carbonyl (C=O) groups excluding carboxylic acids is 1. The van der Waals surface area contributed by atoms with E-state index in [1.165, 1.54) is 13.8 Å². The predicted molar refractivity (Wildman–Crippen MR) is 63.9 cm³/mol. The van der Waals surface area contributed by atoms with E-state index < -0.39 is 39.0 Å². The molecule has 4 N–H and O–H groups in total. The quantitative estimate of drug-likeness (QED) is 0.606. The number of carboxylic acid groups (broad SMARTS) is 1. The van der Waals surface area contributed by atoms with Crippen LogP contribution in [0.4, 0.5) is 0 Å². The molecule has 0 saturated carbocycles. The van der Waals surface area contributed by atoms with E-state index in [1.54, 1.807) is 0 Å². The average molecular weight is 290 g/mol. The highest BCUT2D eigenvalue weighted by molar-refractivity contribution is 7.89. The van der Waals surface area contributed by atoms with E-state index in [4.69, 9.17) is 10.8 Å². The maximum Gasteiger partial charge on any atom is 0.340 e. The maximum atomic E-state index is 12.2. The zero-order valence-corrected chi connectivity index (χ0v) is 11.2. The molecule has 1 aromatic heterocycles. The van der Waals surface area contributed by atoms with Crippen LogP contribution in [0.15, 0.2) is 5.03 Å². The first-order valence-corrected chi connectivity index (χ1v) is 6.72. The lowest BCUT2D eigenvalue weighted by Crippen LogP contribution is -2.38. The molecule has 0 aliphatic heterocycles. The number of rotatable bonds is 6. The van der Waals surface area contributed by atoms with Crippen molar-refractivity contribution >= 4 is 21.9 Å². The Morgan fingerprint density at radius 2 is 2.05 bits per heavy atom. The second-order valence-corrected chi connectivity index (χ2v) is 5.58. The topological polar surface area (TPSA) is 146 Å². The minimum atomic E-state index is -4.19. The highest BCUT2D eigenvalue weighted by Crippen LogP contribution is 2.20. The summed E-state index contributed by atoms with van der Waals surface area (Å²) >= 11 is 0. The fraction of sp³-hybridized carbons (Fsp3) is 0.444. The zero-order chi connectivity index (χ0) is 14.8. The number of hydrogen-bond acceptors (Lipinski definition) is 5. The molecule has 106 valence electrons. The van der Waals surface area contributed by atoms with Crippen LogP contribution in [0.2, 0.25) is 0 Å². The van der Waals surface area contributed by atoms with Crippen molar-refractivity contribution in [3.8, 4) is 0 Å². The summed E-state index contributed by atoms with van der Waals surface area (Å²) in [6.45, 7) is 2.32. The van der Waals surface area contributed by atoms with Crippen LogP contribution in [-0.2, 0) is 14.8 Å². The van der Waals surface area contributed by atoms with Crippen molar-refractivity contribution in [1.82, 2.24) is 14.5 Å². The molecule has 1 amide bonds. The standard InChI is InChI=1S/C9H14N4O5S/c1-3-13(4-6(10)14)19(17,18)8-7(9(15)16)5(2)11-12-8/h3-4H2,1-2H3,(H2,10,14)(H,11,12)(H,15,16). The molecule has 1 aromatic rings. The summed E-state index contributed by atoms with van der Waals surface area (Å²) in [6.07, 6.45) is 0. The molecule has 0 saturated heterocycles. The average Bonchev–Trinajstić information content (AvgIpc) is 2.68. The fourth-order valence-corrected chi connectivity index (χ4v) is 3.05. The van der Waals surface area contributed by atoms with Crippen LogP contribution < -0.4 is 5.73 Å². The molecule has 0 atom stereocenters. The number of carboxylic acids is 1. The van der Waals surface area contributed by atoms with Gasteiger partial charge in [0, 0.05) is 12.2 Å². The number of aryl methyl sites for hydroxylation is 1. The van der Waals surface area contributed by atoms with E-state index in [-0.39, 0.29) is 12.2 Å². The molecule has 0 aliphatic carbocycles. The van der Waals surface area contributed by atoms with Crippen LogP contribution >= 0.6 is 0 Å². The zero-order valence-electron chi connectivity index (χ0n) is 10.4. The van der Waals surface area contributed by atoms with Gasteiger partial charge in [0.15, 0.2) is 0 Å². The number of nitrogens with one attached hydrogen (secondary N) is 1. The molecule has 10 heteroatoms. The molecular formula is C9H14N4O5S. The smallest absolute Gasteiger partial charge is 0.340 e. The Hall–Kier alpha value is -1.94. The van der Waals surface area contributed by atoms with Crippen LogP contribution in [0.3, 0.4) is 0 Å². The van der Waals surface area contributed by atoms with E-state index in [9.17, 15) is 18.0 Å². The first kappa shape index (κ1) is 15.1. The highest BCUT2D eigenvalue weighted by atomic mass is 32.2. The molecule has 0 spiro atoms. The fourth-order valence-electron chi connectivity index (χ4n) is 1.51. The van der Waals surface area contributed by atoms with Gasteiger partial charge >= 0.3 is 5.97 Å². The number of nitrogens with zero attached hydrogens (tertiary/aromatic N) is 2. The minimum absolute atomic E-state index is 0.0315. The van der Waals surface area contributed by atoms with E-state index in [0.717, 1.165) is 4.31 Å². The molecule has 1 heterocycles. The maximum absolute atomic E-state index is 12.2. The van der Waals surface area contributed by atoms with Gasteiger partial charge in [0.25, 0.3) is 10.0 Å². The third kappa shape index (κ3) is 2.90. The summed E-state index contributed by atoms with van der Waals surface area (Å²) in [7, 11) is -4.19. The number of carbonyl (C=O) groups is 2. The first-order chi connectivity index (χ1) is 8.71. The number of primary amides is 1. The van der Waals surface area contributed by atoms with Crippen LogP contribution in [0.1, 0.15) is 23.0 Å². The van der Waals surface area contributed by atoms with Crippen molar-refractivity contribution in [2.75, 3.05) is 13.1 Å². The first-order valence-electron chi connectivity index (χ1n) is 5.28. The lowest BCUT2D eigenvalue weighted by atomic mass is 10.3. The number of hydrogen-bond donors (Lipinski definition) is 3. The van der Waals surface area contributed by atoms with E-state index in [1.807, 2.05) is 0 Å². The van der Waals surface area contributed by atoms with E-state index >= 15 is 0 Å². The van der Waals surface area contributed by atoms with E-state index in [2.05, 4.69) is 10.2 Å². The molecular weight excluding hydrogens is 276 g/mol. The van der Waals surface area contributed by atoms with Crippen molar-refractivity contribution in [3.63, 3.8) is 0 Å². The third-order valence-electron chi connectivity index (χ3n) is 2.40. The van der Waals surface area contributed by atoms with Crippen LogP contribution in [0.25, 0.3) is 0 Å². The van der Waals surface area contributed by atoms with E-state index in [0.29, 0.717) is 0 Å².